The zero-order chi connectivity index (χ0) is 21.0. The van der Waals surface area contributed by atoms with E-state index in [0.29, 0.717) is 0 Å². The molecule has 0 heterocycles. The Morgan fingerprint density at radius 1 is 0.548 bits per heavy atom. The lowest BCUT2D eigenvalue weighted by molar-refractivity contribution is 0.846. The van der Waals surface area contributed by atoms with Gasteiger partial charge >= 0.3 is 0 Å². The van der Waals surface area contributed by atoms with E-state index in [4.69, 9.17) is 11.6 Å². The molecule has 0 aliphatic heterocycles. The summed E-state index contributed by atoms with van der Waals surface area (Å²) >= 11 is 6.80. The van der Waals surface area contributed by atoms with Gasteiger partial charge in [-0.1, -0.05) is 127 Å². The molecule has 0 saturated heterocycles. The number of halogens is 1. The summed E-state index contributed by atoms with van der Waals surface area (Å²) in [6.07, 6.45) is 5.30. The third kappa shape index (κ3) is 4.26. The van der Waals surface area contributed by atoms with Gasteiger partial charge < -0.3 is 0 Å². The minimum absolute atomic E-state index is 0.256. The maximum absolute atomic E-state index is 6.80. The van der Waals surface area contributed by atoms with Gasteiger partial charge in [0.2, 0.25) is 0 Å². The van der Waals surface area contributed by atoms with Gasteiger partial charge in [0.25, 0.3) is 0 Å². The summed E-state index contributed by atoms with van der Waals surface area (Å²) in [5, 5.41) is 0.921. The first kappa shape index (κ1) is 19.6. The largest absolute Gasteiger partial charge is 0.0884 e. The van der Waals surface area contributed by atoms with Crippen LogP contribution in [-0.4, -0.2) is 0 Å². The fraction of sp³-hybridized carbons (Fsp3) is 0.0667. The first-order chi connectivity index (χ1) is 15.3. The van der Waals surface area contributed by atoms with Crippen LogP contribution in [0.25, 0.3) is 27.8 Å². The lowest BCUT2D eigenvalue weighted by atomic mass is 9.85. The molecule has 150 valence electrons. The van der Waals surface area contributed by atoms with E-state index in [2.05, 4.69) is 115 Å². The van der Waals surface area contributed by atoms with Gasteiger partial charge in [-0.25, -0.2) is 0 Å². The summed E-state index contributed by atoms with van der Waals surface area (Å²) in [4.78, 5) is 0. The second kappa shape index (κ2) is 8.79. The van der Waals surface area contributed by atoms with Gasteiger partial charge in [0, 0.05) is 11.0 Å². The zero-order valence-electron chi connectivity index (χ0n) is 17.2. The van der Waals surface area contributed by atoms with Gasteiger partial charge in [0.05, 0.1) is 0 Å². The molecule has 0 fully saturated rings. The Balaban J connectivity index is 1.55. The van der Waals surface area contributed by atoms with Gasteiger partial charge in [-0.3, -0.25) is 0 Å². The first-order valence-electron chi connectivity index (χ1n) is 10.7. The number of allylic oxidation sites excluding steroid dienone is 4. The molecule has 0 amide bonds. The Hall–Kier alpha value is -3.35. The topological polar surface area (TPSA) is 0 Å². The van der Waals surface area contributed by atoms with Gasteiger partial charge in [-0.2, -0.15) is 0 Å². The summed E-state index contributed by atoms with van der Waals surface area (Å²) < 4.78 is 0. The molecule has 1 unspecified atom stereocenters. The first-order valence-corrected chi connectivity index (χ1v) is 11.0. The molecule has 31 heavy (non-hydrogen) atoms. The molecule has 0 aromatic heterocycles. The van der Waals surface area contributed by atoms with Crippen LogP contribution in [0.4, 0.5) is 0 Å². The molecule has 0 nitrogen and oxygen atoms in total. The Morgan fingerprint density at radius 2 is 1.03 bits per heavy atom. The van der Waals surface area contributed by atoms with Crippen LogP contribution in [0.15, 0.2) is 126 Å². The molecule has 1 aliphatic rings. The van der Waals surface area contributed by atoms with E-state index in [1.54, 1.807) is 0 Å². The van der Waals surface area contributed by atoms with E-state index in [1.165, 1.54) is 33.4 Å². The third-order valence-electron chi connectivity index (χ3n) is 5.87. The average Bonchev–Trinajstić information content (AvgIpc) is 2.85. The minimum Gasteiger partial charge on any atom is -0.0884 e. The highest BCUT2D eigenvalue weighted by atomic mass is 35.5. The number of hydrogen-bond acceptors (Lipinski definition) is 0. The van der Waals surface area contributed by atoms with Crippen LogP contribution >= 0.6 is 11.6 Å². The van der Waals surface area contributed by atoms with Gasteiger partial charge in [0.1, 0.15) is 0 Å². The Bertz CT molecular complexity index is 1180. The van der Waals surface area contributed by atoms with Crippen molar-refractivity contribution in [3.63, 3.8) is 0 Å². The van der Waals surface area contributed by atoms with Crippen molar-refractivity contribution in [1.82, 2.24) is 0 Å². The van der Waals surface area contributed by atoms with Crippen molar-refractivity contribution >= 4 is 17.2 Å². The monoisotopic (exact) mass is 418 g/mol. The Labute approximate surface area is 189 Å². The van der Waals surface area contributed by atoms with Crippen molar-refractivity contribution in [3.8, 4) is 22.3 Å². The van der Waals surface area contributed by atoms with Crippen LogP contribution in [0, 0.1) is 0 Å². The van der Waals surface area contributed by atoms with Crippen LogP contribution in [0.1, 0.15) is 23.5 Å². The quantitative estimate of drug-likeness (QED) is 0.311. The molecule has 0 radical (unpaired) electrons. The van der Waals surface area contributed by atoms with Crippen LogP contribution in [0.5, 0.6) is 0 Å². The molecule has 1 atom stereocenters. The van der Waals surface area contributed by atoms with E-state index >= 15 is 0 Å². The predicted octanol–water partition coefficient (Wildman–Crippen LogP) is 8.71. The van der Waals surface area contributed by atoms with Gasteiger partial charge in [-0.15, -0.1) is 0 Å². The van der Waals surface area contributed by atoms with E-state index < -0.39 is 0 Å². The van der Waals surface area contributed by atoms with E-state index in [0.717, 1.165) is 17.0 Å². The average molecular weight is 419 g/mol. The van der Waals surface area contributed by atoms with Crippen LogP contribution in [-0.2, 0) is 0 Å². The second-order valence-electron chi connectivity index (χ2n) is 7.93. The SMILES string of the molecule is ClC1=C(c2ccccc2)C=CC(c2cc(-c3ccccc3)cc(-c3ccccc3)c2)C1. The second-order valence-corrected chi connectivity index (χ2v) is 8.39. The summed E-state index contributed by atoms with van der Waals surface area (Å²) in [6, 6.07) is 38.5. The normalized spacial score (nSPS) is 15.8. The van der Waals surface area contributed by atoms with Crippen molar-refractivity contribution in [2.24, 2.45) is 0 Å². The molecule has 0 N–H and O–H groups in total. The Morgan fingerprint density at radius 3 is 1.52 bits per heavy atom. The molecule has 0 bridgehead atoms. The van der Waals surface area contributed by atoms with E-state index in [1.807, 2.05) is 6.07 Å². The number of hydrogen-bond donors (Lipinski definition) is 0. The number of rotatable bonds is 4. The summed E-state index contributed by atoms with van der Waals surface area (Å²) in [5.74, 6) is 0.256. The molecular formula is C30H23Cl. The maximum Gasteiger partial charge on any atom is 0.0268 e. The molecular weight excluding hydrogens is 396 g/mol. The van der Waals surface area contributed by atoms with Crippen LogP contribution in [0.2, 0.25) is 0 Å². The zero-order valence-corrected chi connectivity index (χ0v) is 18.0. The van der Waals surface area contributed by atoms with E-state index in [9.17, 15) is 0 Å². The van der Waals surface area contributed by atoms with Gasteiger partial charge in [0.15, 0.2) is 0 Å². The van der Waals surface area contributed by atoms with Crippen molar-refractivity contribution in [3.05, 3.63) is 138 Å². The molecule has 5 rings (SSSR count). The predicted molar refractivity (Wildman–Crippen MR) is 133 cm³/mol. The number of benzene rings is 4. The minimum atomic E-state index is 0.256. The molecule has 1 aliphatic carbocycles. The van der Waals surface area contributed by atoms with Crippen molar-refractivity contribution in [2.45, 2.75) is 12.3 Å². The van der Waals surface area contributed by atoms with Crippen LogP contribution in [0.3, 0.4) is 0 Å². The van der Waals surface area contributed by atoms with Crippen molar-refractivity contribution in [2.75, 3.05) is 0 Å². The van der Waals surface area contributed by atoms with Crippen molar-refractivity contribution < 1.29 is 0 Å². The fourth-order valence-corrected chi connectivity index (χ4v) is 4.57. The maximum atomic E-state index is 6.80. The highest BCUT2D eigenvalue weighted by Crippen LogP contribution is 2.39. The molecule has 4 aromatic rings. The summed E-state index contributed by atoms with van der Waals surface area (Å²) in [5.41, 5.74) is 8.52. The highest BCUT2D eigenvalue weighted by molar-refractivity contribution is 6.33. The molecule has 0 spiro atoms. The van der Waals surface area contributed by atoms with E-state index in [-0.39, 0.29) is 5.92 Å². The summed E-state index contributed by atoms with van der Waals surface area (Å²) in [7, 11) is 0. The molecule has 1 heteroatoms. The lowest BCUT2D eigenvalue weighted by Crippen LogP contribution is -2.02. The third-order valence-corrected chi connectivity index (χ3v) is 6.23. The fourth-order valence-electron chi connectivity index (χ4n) is 4.23. The van der Waals surface area contributed by atoms with Crippen molar-refractivity contribution in [1.29, 1.82) is 0 Å². The highest BCUT2D eigenvalue weighted by Gasteiger charge is 2.19. The molecule has 4 aromatic carbocycles. The Kier molecular flexibility index (Phi) is 5.56. The van der Waals surface area contributed by atoms with Crippen LogP contribution < -0.4 is 0 Å². The molecule has 0 saturated carbocycles. The standard InChI is InChI=1S/C30H23Cl/c31-30-21-25(16-17-29(30)24-14-8-3-9-15-24)28-19-26(22-10-4-1-5-11-22)18-27(20-28)23-12-6-2-7-13-23/h1-20,25H,21H2. The lowest BCUT2D eigenvalue weighted by Gasteiger charge is -2.21. The van der Waals surface area contributed by atoms with Gasteiger partial charge in [-0.05, 0) is 51.4 Å². The smallest absolute Gasteiger partial charge is 0.0268 e. The summed E-state index contributed by atoms with van der Waals surface area (Å²) in [6.45, 7) is 0.